The summed E-state index contributed by atoms with van der Waals surface area (Å²) < 4.78 is 0. The number of carbonyl (C=O) groups excluding carboxylic acids is 1. The highest BCUT2D eigenvalue weighted by atomic mass is 16.2. The van der Waals surface area contributed by atoms with E-state index >= 15 is 0 Å². The summed E-state index contributed by atoms with van der Waals surface area (Å²) in [5.74, 6) is 0.553. The van der Waals surface area contributed by atoms with Crippen LogP contribution in [0.2, 0.25) is 0 Å². The molecule has 1 atom stereocenters. The molecule has 0 saturated carbocycles. The fraction of sp³-hybridized carbons (Fsp3) is 0.455. The van der Waals surface area contributed by atoms with Crippen LogP contribution in [-0.2, 0) is 4.79 Å². The fourth-order valence-electron chi connectivity index (χ4n) is 1.93. The number of anilines is 2. The van der Waals surface area contributed by atoms with Gasteiger partial charge in [0.25, 0.3) is 5.91 Å². The molecule has 0 bridgehead atoms. The van der Waals surface area contributed by atoms with Crippen LogP contribution in [0.15, 0.2) is 18.3 Å². The van der Waals surface area contributed by atoms with E-state index in [0.717, 1.165) is 19.4 Å². The van der Waals surface area contributed by atoms with Crippen molar-refractivity contribution < 1.29 is 4.79 Å². The molecule has 1 aromatic rings. The van der Waals surface area contributed by atoms with Crippen molar-refractivity contribution in [2.75, 3.05) is 24.8 Å². The summed E-state index contributed by atoms with van der Waals surface area (Å²) in [6.45, 7) is 0.970. The lowest BCUT2D eigenvalue weighted by Gasteiger charge is -2.18. The van der Waals surface area contributed by atoms with Gasteiger partial charge in [0.15, 0.2) is 0 Å². The van der Waals surface area contributed by atoms with Gasteiger partial charge in [-0.1, -0.05) is 0 Å². The number of carbonyl (C=O) groups is 1. The molecule has 17 heavy (non-hydrogen) atoms. The zero-order valence-electron chi connectivity index (χ0n) is 9.81. The van der Waals surface area contributed by atoms with Gasteiger partial charge in [-0.2, -0.15) is 0 Å². The van der Waals surface area contributed by atoms with Crippen LogP contribution in [0.4, 0.5) is 11.5 Å². The average molecular weight is 235 g/mol. The highest BCUT2D eigenvalue weighted by Gasteiger charge is 2.27. The van der Waals surface area contributed by atoms with E-state index in [2.05, 4.69) is 15.8 Å². The van der Waals surface area contributed by atoms with Crippen molar-refractivity contribution >= 4 is 17.4 Å². The van der Waals surface area contributed by atoms with E-state index in [0.29, 0.717) is 11.5 Å². The van der Waals surface area contributed by atoms with Gasteiger partial charge in [0.05, 0.1) is 17.9 Å². The molecule has 1 saturated heterocycles. The van der Waals surface area contributed by atoms with Gasteiger partial charge in [-0.3, -0.25) is 20.5 Å². The maximum atomic E-state index is 11.8. The number of hydrogen-bond donors (Lipinski definition) is 3. The normalized spacial score (nSPS) is 20.2. The highest BCUT2D eigenvalue weighted by molar-refractivity contribution is 5.82. The van der Waals surface area contributed by atoms with E-state index in [1.807, 2.05) is 11.9 Å². The monoisotopic (exact) mass is 235 g/mol. The second kappa shape index (κ2) is 5.01. The molecular weight excluding hydrogens is 218 g/mol. The zero-order chi connectivity index (χ0) is 12.3. The Hall–Kier alpha value is -1.82. The van der Waals surface area contributed by atoms with E-state index in [-0.39, 0.29) is 11.9 Å². The first kappa shape index (κ1) is 11.7. The number of pyridine rings is 1. The smallest absolute Gasteiger partial charge is 0.255 e. The number of nitrogens with two attached hydrogens (primary N) is 1. The molecule has 0 aromatic carbocycles. The van der Waals surface area contributed by atoms with Crippen molar-refractivity contribution in [2.24, 2.45) is 0 Å². The number of rotatable bonds is 3. The largest absolute Gasteiger partial charge is 0.397 e. The van der Waals surface area contributed by atoms with Gasteiger partial charge < -0.3 is 5.73 Å². The fourth-order valence-corrected chi connectivity index (χ4v) is 1.93. The van der Waals surface area contributed by atoms with Crippen molar-refractivity contribution in [3.05, 3.63) is 18.3 Å². The van der Waals surface area contributed by atoms with Crippen molar-refractivity contribution in [3.63, 3.8) is 0 Å². The molecular formula is C11H17N5O. The Morgan fingerprint density at radius 3 is 3.00 bits per heavy atom. The van der Waals surface area contributed by atoms with E-state index in [1.165, 1.54) is 6.20 Å². The second-order valence-corrected chi connectivity index (χ2v) is 4.23. The number of aromatic nitrogens is 1. The number of nitrogen functional groups attached to an aromatic ring is 1. The van der Waals surface area contributed by atoms with Gasteiger partial charge in [-0.25, -0.2) is 4.98 Å². The van der Waals surface area contributed by atoms with Crippen molar-refractivity contribution in [3.8, 4) is 0 Å². The van der Waals surface area contributed by atoms with Crippen LogP contribution in [0.1, 0.15) is 12.8 Å². The first-order valence-corrected chi connectivity index (χ1v) is 5.64. The van der Waals surface area contributed by atoms with Gasteiger partial charge in [0, 0.05) is 0 Å². The number of nitrogens with one attached hydrogen (secondary N) is 2. The van der Waals surface area contributed by atoms with Crippen LogP contribution >= 0.6 is 0 Å². The molecule has 1 unspecified atom stereocenters. The topological polar surface area (TPSA) is 83.3 Å². The summed E-state index contributed by atoms with van der Waals surface area (Å²) in [7, 11) is 1.96. The number of likely N-dealkylation sites (tertiary alicyclic amines) is 1. The predicted octanol–water partition coefficient (Wildman–Crippen LogP) is 0.201. The SMILES string of the molecule is CN1CCCC1C(=O)NNc1ccc(N)cn1. The Balaban J connectivity index is 1.85. The highest BCUT2D eigenvalue weighted by Crippen LogP contribution is 2.14. The van der Waals surface area contributed by atoms with E-state index in [9.17, 15) is 4.79 Å². The van der Waals surface area contributed by atoms with E-state index < -0.39 is 0 Å². The number of hydrogen-bond acceptors (Lipinski definition) is 5. The number of amides is 1. The lowest BCUT2D eigenvalue weighted by molar-refractivity contribution is -0.124. The maximum absolute atomic E-state index is 11.8. The minimum atomic E-state index is -0.0451. The van der Waals surface area contributed by atoms with Gasteiger partial charge in [-0.05, 0) is 38.6 Å². The molecule has 1 aliphatic heterocycles. The molecule has 2 heterocycles. The molecule has 0 aliphatic carbocycles. The Morgan fingerprint density at radius 1 is 1.59 bits per heavy atom. The van der Waals surface area contributed by atoms with Crippen molar-refractivity contribution in [2.45, 2.75) is 18.9 Å². The maximum Gasteiger partial charge on any atom is 0.255 e. The Kier molecular flexibility index (Phi) is 3.43. The lowest BCUT2D eigenvalue weighted by Crippen LogP contribution is -2.43. The molecule has 2 rings (SSSR count). The standard InChI is InChI=1S/C11H17N5O/c1-16-6-2-3-9(16)11(17)15-14-10-5-4-8(12)7-13-10/h4-5,7,9H,2-3,6,12H2,1H3,(H,13,14)(H,15,17). The average Bonchev–Trinajstić information content (AvgIpc) is 2.74. The molecule has 1 aliphatic rings. The molecule has 4 N–H and O–H groups in total. The molecule has 1 amide bonds. The van der Waals surface area contributed by atoms with Crippen molar-refractivity contribution in [1.29, 1.82) is 0 Å². The Bertz CT molecular complexity index is 391. The molecule has 1 fully saturated rings. The molecule has 0 spiro atoms. The molecule has 6 nitrogen and oxygen atoms in total. The van der Waals surface area contributed by atoms with E-state index in [4.69, 9.17) is 5.73 Å². The van der Waals surface area contributed by atoms with E-state index in [1.54, 1.807) is 12.1 Å². The quantitative estimate of drug-likeness (QED) is 0.652. The molecule has 6 heteroatoms. The first-order chi connectivity index (χ1) is 8.16. The Morgan fingerprint density at radius 2 is 2.41 bits per heavy atom. The third-order valence-corrected chi connectivity index (χ3v) is 2.92. The summed E-state index contributed by atoms with van der Waals surface area (Å²) in [4.78, 5) is 17.9. The predicted molar refractivity (Wildman–Crippen MR) is 66.1 cm³/mol. The number of nitrogens with zero attached hydrogens (tertiary/aromatic N) is 2. The van der Waals surface area contributed by atoms with Gasteiger partial charge in [0.1, 0.15) is 5.82 Å². The third-order valence-electron chi connectivity index (χ3n) is 2.92. The van der Waals surface area contributed by atoms with Crippen molar-refractivity contribution in [1.82, 2.24) is 15.3 Å². The van der Waals surface area contributed by atoms with Crippen LogP contribution in [0.25, 0.3) is 0 Å². The molecule has 1 aromatic heterocycles. The minimum absolute atomic E-state index is 0.0244. The molecule has 0 radical (unpaired) electrons. The third kappa shape index (κ3) is 2.85. The number of likely N-dealkylation sites (N-methyl/N-ethyl adjacent to an activating group) is 1. The second-order valence-electron chi connectivity index (χ2n) is 4.23. The van der Waals surface area contributed by atoms with Crippen LogP contribution < -0.4 is 16.6 Å². The summed E-state index contributed by atoms with van der Waals surface area (Å²) in [5.41, 5.74) is 11.5. The molecule has 92 valence electrons. The minimum Gasteiger partial charge on any atom is -0.397 e. The van der Waals surface area contributed by atoms with Gasteiger partial charge in [-0.15, -0.1) is 0 Å². The summed E-state index contributed by atoms with van der Waals surface area (Å²) in [5, 5.41) is 0. The van der Waals surface area contributed by atoms with Gasteiger partial charge >= 0.3 is 0 Å². The summed E-state index contributed by atoms with van der Waals surface area (Å²) >= 11 is 0. The first-order valence-electron chi connectivity index (χ1n) is 5.64. The Labute approximate surface area is 100 Å². The van der Waals surface area contributed by atoms with Crippen LogP contribution in [0, 0.1) is 0 Å². The van der Waals surface area contributed by atoms with Crippen LogP contribution in [0.3, 0.4) is 0 Å². The van der Waals surface area contributed by atoms with Gasteiger partial charge in [0.2, 0.25) is 0 Å². The summed E-state index contributed by atoms with van der Waals surface area (Å²) in [6, 6.07) is 3.40. The lowest BCUT2D eigenvalue weighted by atomic mass is 10.2. The summed E-state index contributed by atoms with van der Waals surface area (Å²) in [6.07, 6.45) is 3.50. The zero-order valence-corrected chi connectivity index (χ0v) is 9.81. The van der Waals surface area contributed by atoms with Crippen LogP contribution in [-0.4, -0.2) is 35.4 Å². The number of hydrazine groups is 1. The van der Waals surface area contributed by atoms with Crippen LogP contribution in [0.5, 0.6) is 0 Å².